The molecular formula is C20H21ClN2O4S2. The van der Waals surface area contributed by atoms with Crippen LogP contribution in [0.2, 0.25) is 5.02 Å². The smallest absolute Gasteiger partial charge is 0.243 e. The van der Waals surface area contributed by atoms with Crippen molar-refractivity contribution in [2.45, 2.75) is 16.7 Å². The molecule has 0 N–H and O–H groups in total. The molecule has 1 saturated heterocycles. The number of carbonyl (C=O) groups is 2. The molecule has 2 aromatic carbocycles. The molecule has 6 nitrogen and oxygen atoms in total. The van der Waals surface area contributed by atoms with Crippen molar-refractivity contribution < 1.29 is 18.0 Å². The lowest BCUT2D eigenvalue weighted by Gasteiger charge is -2.34. The number of halogens is 1. The van der Waals surface area contributed by atoms with Gasteiger partial charge in [-0.05, 0) is 43.3 Å². The Morgan fingerprint density at radius 2 is 1.55 bits per heavy atom. The number of hydrogen-bond acceptors (Lipinski definition) is 5. The molecule has 9 heteroatoms. The third-order valence-corrected chi connectivity index (χ3v) is 7.83. The van der Waals surface area contributed by atoms with Crippen LogP contribution in [-0.4, -0.2) is 61.2 Å². The highest BCUT2D eigenvalue weighted by Gasteiger charge is 2.30. The molecule has 1 heterocycles. The van der Waals surface area contributed by atoms with Gasteiger partial charge in [0.2, 0.25) is 15.9 Å². The van der Waals surface area contributed by atoms with Gasteiger partial charge in [-0.15, -0.1) is 11.8 Å². The average Bonchev–Trinajstić information content (AvgIpc) is 2.73. The minimum atomic E-state index is -3.65. The first-order valence-electron chi connectivity index (χ1n) is 9.04. The Morgan fingerprint density at radius 1 is 0.966 bits per heavy atom. The summed E-state index contributed by atoms with van der Waals surface area (Å²) < 4.78 is 27.0. The third-order valence-electron chi connectivity index (χ3n) is 4.67. The Balaban J connectivity index is 1.55. The molecule has 29 heavy (non-hydrogen) atoms. The van der Waals surface area contributed by atoms with Crippen LogP contribution in [0.3, 0.4) is 0 Å². The van der Waals surface area contributed by atoms with Gasteiger partial charge in [-0.1, -0.05) is 23.7 Å². The fourth-order valence-electron chi connectivity index (χ4n) is 2.96. The van der Waals surface area contributed by atoms with Gasteiger partial charge in [-0.25, -0.2) is 8.42 Å². The Kier molecular flexibility index (Phi) is 7.00. The molecule has 0 aromatic heterocycles. The van der Waals surface area contributed by atoms with E-state index in [1.54, 1.807) is 17.0 Å². The Hall–Kier alpha value is -1.87. The summed E-state index contributed by atoms with van der Waals surface area (Å²) in [6, 6.07) is 13.2. The summed E-state index contributed by atoms with van der Waals surface area (Å²) in [5.74, 6) is 0.159. The first-order chi connectivity index (χ1) is 13.8. The molecule has 0 saturated carbocycles. The monoisotopic (exact) mass is 452 g/mol. The maximum atomic E-state index is 12.8. The van der Waals surface area contributed by atoms with E-state index in [1.807, 2.05) is 12.1 Å². The third kappa shape index (κ3) is 5.39. The molecule has 0 atom stereocenters. The summed E-state index contributed by atoms with van der Waals surface area (Å²) in [6.07, 6.45) is 0. The first-order valence-corrected chi connectivity index (χ1v) is 11.8. The molecule has 1 fully saturated rings. The lowest BCUT2D eigenvalue weighted by molar-refractivity contribution is -0.129. The SMILES string of the molecule is CC(=O)c1ccc(S(=O)(=O)N2CCN(C(=O)CSc3ccc(Cl)cc3)CC2)cc1. The van der Waals surface area contributed by atoms with Crippen molar-refractivity contribution in [3.63, 3.8) is 0 Å². The van der Waals surface area contributed by atoms with Gasteiger partial charge >= 0.3 is 0 Å². The topological polar surface area (TPSA) is 74.8 Å². The summed E-state index contributed by atoms with van der Waals surface area (Å²) in [5, 5.41) is 0.647. The van der Waals surface area contributed by atoms with E-state index < -0.39 is 10.0 Å². The molecule has 3 rings (SSSR count). The Labute approximate surface area is 179 Å². The number of piperazine rings is 1. The molecule has 0 spiro atoms. The minimum absolute atomic E-state index is 0.0205. The van der Waals surface area contributed by atoms with Crippen LogP contribution in [0.5, 0.6) is 0 Å². The molecule has 0 bridgehead atoms. The quantitative estimate of drug-likeness (QED) is 0.497. The number of rotatable bonds is 6. The number of sulfonamides is 1. The highest BCUT2D eigenvalue weighted by molar-refractivity contribution is 8.00. The number of thioether (sulfide) groups is 1. The highest BCUT2D eigenvalue weighted by atomic mass is 35.5. The predicted octanol–water partition coefficient (Wildman–Crippen LogP) is 3.17. The van der Waals surface area contributed by atoms with Crippen molar-refractivity contribution in [2.24, 2.45) is 0 Å². The molecule has 0 unspecified atom stereocenters. The number of benzene rings is 2. The second kappa shape index (κ2) is 9.30. The van der Waals surface area contributed by atoms with Crippen LogP contribution < -0.4 is 0 Å². The lowest BCUT2D eigenvalue weighted by Crippen LogP contribution is -2.50. The number of amides is 1. The molecule has 1 amide bonds. The van der Waals surface area contributed by atoms with E-state index in [4.69, 9.17) is 11.6 Å². The average molecular weight is 453 g/mol. The second-order valence-electron chi connectivity index (χ2n) is 6.61. The van der Waals surface area contributed by atoms with Gasteiger partial charge in [0.1, 0.15) is 0 Å². The molecule has 154 valence electrons. The zero-order valence-electron chi connectivity index (χ0n) is 15.9. The number of nitrogens with zero attached hydrogens (tertiary/aromatic N) is 2. The lowest BCUT2D eigenvalue weighted by atomic mass is 10.2. The largest absolute Gasteiger partial charge is 0.339 e. The fraction of sp³-hybridized carbons (Fsp3) is 0.300. The van der Waals surface area contributed by atoms with E-state index in [-0.39, 0.29) is 29.7 Å². The molecule has 2 aromatic rings. The normalized spacial score (nSPS) is 15.3. The molecule has 0 radical (unpaired) electrons. The molecule has 1 aliphatic rings. The molecule has 0 aliphatic carbocycles. The minimum Gasteiger partial charge on any atom is -0.339 e. The number of carbonyl (C=O) groups excluding carboxylic acids is 2. The van der Waals surface area contributed by atoms with Gasteiger partial charge in [0.25, 0.3) is 0 Å². The number of Topliss-reactive ketones (excluding diaryl/α,β-unsaturated/α-hetero) is 1. The van der Waals surface area contributed by atoms with E-state index in [9.17, 15) is 18.0 Å². The fourth-order valence-corrected chi connectivity index (χ4v) is 5.31. The zero-order chi connectivity index (χ0) is 21.0. The predicted molar refractivity (Wildman–Crippen MR) is 114 cm³/mol. The van der Waals surface area contributed by atoms with Crippen molar-refractivity contribution in [2.75, 3.05) is 31.9 Å². The van der Waals surface area contributed by atoms with Crippen molar-refractivity contribution in [1.29, 1.82) is 0 Å². The number of hydrogen-bond donors (Lipinski definition) is 0. The van der Waals surface area contributed by atoms with E-state index in [0.717, 1.165) is 4.90 Å². The standard InChI is InChI=1S/C20H21ClN2O4S2/c1-15(24)16-2-8-19(9-3-16)29(26,27)23-12-10-22(11-13-23)20(25)14-28-18-6-4-17(21)5-7-18/h2-9H,10-14H2,1H3. The van der Waals surface area contributed by atoms with Crippen molar-refractivity contribution in [1.82, 2.24) is 9.21 Å². The van der Waals surface area contributed by atoms with Gasteiger partial charge < -0.3 is 4.90 Å². The van der Waals surface area contributed by atoms with Crippen LogP contribution >= 0.6 is 23.4 Å². The molecule has 1 aliphatic heterocycles. The van der Waals surface area contributed by atoms with Crippen LogP contribution in [0, 0.1) is 0 Å². The van der Waals surface area contributed by atoms with Gasteiger partial charge in [0.05, 0.1) is 10.6 Å². The van der Waals surface area contributed by atoms with Gasteiger partial charge in [0.15, 0.2) is 5.78 Å². The van der Waals surface area contributed by atoms with Gasteiger partial charge in [-0.2, -0.15) is 4.31 Å². The van der Waals surface area contributed by atoms with Gasteiger partial charge in [0, 0.05) is 41.7 Å². The van der Waals surface area contributed by atoms with E-state index in [2.05, 4.69) is 0 Å². The summed E-state index contributed by atoms with van der Waals surface area (Å²) in [7, 11) is -3.65. The Morgan fingerprint density at radius 3 is 2.10 bits per heavy atom. The van der Waals surface area contributed by atoms with Crippen LogP contribution in [0.15, 0.2) is 58.3 Å². The maximum Gasteiger partial charge on any atom is 0.243 e. The van der Waals surface area contributed by atoms with Crippen LogP contribution in [-0.2, 0) is 14.8 Å². The Bertz CT molecular complexity index is 984. The van der Waals surface area contributed by atoms with Crippen LogP contribution in [0.4, 0.5) is 0 Å². The first kappa shape index (κ1) is 21.8. The number of ketones is 1. The van der Waals surface area contributed by atoms with E-state index in [0.29, 0.717) is 29.4 Å². The summed E-state index contributed by atoms with van der Waals surface area (Å²) >= 11 is 7.29. The van der Waals surface area contributed by atoms with E-state index in [1.165, 1.54) is 47.3 Å². The summed E-state index contributed by atoms with van der Waals surface area (Å²) in [5.41, 5.74) is 0.470. The molecular weight excluding hydrogens is 432 g/mol. The van der Waals surface area contributed by atoms with E-state index >= 15 is 0 Å². The summed E-state index contributed by atoms with van der Waals surface area (Å²) in [6.45, 7) is 2.63. The van der Waals surface area contributed by atoms with Crippen LogP contribution in [0.1, 0.15) is 17.3 Å². The van der Waals surface area contributed by atoms with Crippen LogP contribution in [0.25, 0.3) is 0 Å². The van der Waals surface area contributed by atoms with Crippen molar-refractivity contribution in [3.8, 4) is 0 Å². The second-order valence-corrected chi connectivity index (χ2v) is 10.0. The van der Waals surface area contributed by atoms with Gasteiger partial charge in [-0.3, -0.25) is 9.59 Å². The highest BCUT2D eigenvalue weighted by Crippen LogP contribution is 2.22. The summed E-state index contributed by atoms with van der Waals surface area (Å²) in [4.78, 5) is 26.6. The van der Waals surface area contributed by atoms with Crippen molar-refractivity contribution in [3.05, 3.63) is 59.1 Å². The maximum absolute atomic E-state index is 12.8. The zero-order valence-corrected chi connectivity index (χ0v) is 18.3. The van der Waals surface area contributed by atoms with Crippen molar-refractivity contribution >= 4 is 45.1 Å².